The predicted molar refractivity (Wildman–Crippen MR) is 108 cm³/mol. The number of halogens is 3. The molecule has 1 heterocycles. The van der Waals surface area contributed by atoms with E-state index >= 15 is 0 Å². The van der Waals surface area contributed by atoms with Crippen LogP contribution >= 0.6 is 15.9 Å². The summed E-state index contributed by atoms with van der Waals surface area (Å²) >= 11 is 3.20. The molecule has 2 aromatic carbocycles. The molecular formula is C21H19BrF2N2O3. The maximum Gasteiger partial charge on any atom is 0.276 e. The fourth-order valence-corrected chi connectivity index (χ4v) is 3.17. The molecule has 0 radical (unpaired) electrons. The van der Waals surface area contributed by atoms with Crippen LogP contribution in [0.1, 0.15) is 30.8 Å². The monoisotopic (exact) mass is 464 g/mol. The Morgan fingerprint density at radius 2 is 1.83 bits per heavy atom. The number of rotatable bonds is 5. The standard InChI is InChI=1S/C21H19BrF2N2O3/c1-12-25-19(29-11-13-4-7-15(23)10-17(13)24)18(22)20(27)26(12)16-8-5-14(6-9-16)21(2,3)28/h4-10,28H,11H2,1-3H3. The van der Waals surface area contributed by atoms with Gasteiger partial charge in [-0.25, -0.2) is 8.78 Å². The van der Waals surface area contributed by atoms with E-state index in [0.29, 0.717) is 17.1 Å². The van der Waals surface area contributed by atoms with E-state index in [1.807, 2.05) is 0 Å². The van der Waals surface area contributed by atoms with Gasteiger partial charge in [0.2, 0.25) is 5.88 Å². The lowest BCUT2D eigenvalue weighted by Crippen LogP contribution is -2.24. The molecule has 0 saturated carbocycles. The topological polar surface area (TPSA) is 64.3 Å². The van der Waals surface area contributed by atoms with Gasteiger partial charge in [0, 0.05) is 11.6 Å². The second kappa shape index (κ2) is 8.04. The number of benzene rings is 2. The smallest absolute Gasteiger partial charge is 0.276 e. The minimum absolute atomic E-state index is 0.0144. The molecule has 29 heavy (non-hydrogen) atoms. The van der Waals surface area contributed by atoms with Crippen LogP contribution in [-0.2, 0) is 12.2 Å². The zero-order valence-corrected chi connectivity index (χ0v) is 17.6. The summed E-state index contributed by atoms with van der Waals surface area (Å²) in [7, 11) is 0. The van der Waals surface area contributed by atoms with Crippen LogP contribution in [0.15, 0.2) is 51.7 Å². The number of hydrogen-bond acceptors (Lipinski definition) is 4. The van der Waals surface area contributed by atoms with Gasteiger partial charge in [0.1, 0.15) is 28.5 Å². The Morgan fingerprint density at radius 3 is 2.41 bits per heavy atom. The zero-order chi connectivity index (χ0) is 21.3. The lowest BCUT2D eigenvalue weighted by atomic mass is 9.98. The van der Waals surface area contributed by atoms with Crippen LogP contribution in [0.3, 0.4) is 0 Å². The number of aromatic nitrogens is 2. The first-order chi connectivity index (χ1) is 13.6. The molecule has 1 aromatic heterocycles. The molecule has 0 aliphatic rings. The van der Waals surface area contributed by atoms with Crippen molar-refractivity contribution in [3.63, 3.8) is 0 Å². The zero-order valence-electron chi connectivity index (χ0n) is 16.0. The minimum atomic E-state index is -0.995. The summed E-state index contributed by atoms with van der Waals surface area (Å²) in [5.74, 6) is -1.04. The van der Waals surface area contributed by atoms with Gasteiger partial charge in [-0.2, -0.15) is 4.98 Å². The fraction of sp³-hybridized carbons (Fsp3) is 0.238. The van der Waals surface area contributed by atoms with Crippen molar-refractivity contribution in [2.75, 3.05) is 0 Å². The van der Waals surface area contributed by atoms with Gasteiger partial charge in [-0.05, 0) is 66.5 Å². The van der Waals surface area contributed by atoms with Gasteiger partial charge in [0.25, 0.3) is 5.56 Å². The summed E-state index contributed by atoms with van der Waals surface area (Å²) in [4.78, 5) is 17.1. The molecule has 8 heteroatoms. The van der Waals surface area contributed by atoms with Crippen molar-refractivity contribution in [1.29, 1.82) is 0 Å². The summed E-state index contributed by atoms with van der Waals surface area (Å²) in [5, 5.41) is 10.1. The maximum atomic E-state index is 13.8. The normalized spacial score (nSPS) is 11.6. The van der Waals surface area contributed by atoms with E-state index in [4.69, 9.17) is 4.74 Å². The van der Waals surface area contributed by atoms with E-state index < -0.39 is 22.8 Å². The average Bonchev–Trinajstić information content (AvgIpc) is 2.64. The Kier molecular flexibility index (Phi) is 5.86. The van der Waals surface area contributed by atoms with Crippen molar-refractivity contribution in [3.05, 3.63) is 85.9 Å². The first-order valence-corrected chi connectivity index (χ1v) is 9.56. The van der Waals surface area contributed by atoms with Crippen molar-refractivity contribution in [3.8, 4) is 11.6 Å². The third-order valence-electron chi connectivity index (χ3n) is 4.38. The van der Waals surface area contributed by atoms with Crippen molar-refractivity contribution in [2.24, 2.45) is 0 Å². The van der Waals surface area contributed by atoms with E-state index in [1.54, 1.807) is 45.0 Å². The second-order valence-corrected chi connectivity index (χ2v) is 7.84. The molecule has 3 aromatic rings. The molecule has 3 rings (SSSR count). The molecule has 152 valence electrons. The van der Waals surface area contributed by atoms with Gasteiger partial charge in [-0.3, -0.25) is 9.36 Å². The molecule has 0 amide bonds. The lowest BCUT2D eigenvalue weighted by Gasteiger charge is -2.19. The highest BCUT2D eigenvalue weighted by Gasteiger charge is 2.18. The van der Waals surface area contributed by atoms with Crippen LogP contribution in [0.2, 0.25) is 0 Å². The fourth-order valence-electron chi connectivity index (χ4n) is 2.79. The molecule has 0 fully saturated rings. The third-order valence-corrected chi connectivity index (χ3v) is 5.06. The van der Waals surface area contributed by atoms with Crippen molar-refractivity contribution in [1.82, 2.24) is 9.55 Å². The van der Waals surface area contributed by atoms with Crippen LogP contribution in [0.25, 0.3) is 5.69 Å². The van der Waals surface area contributed by atoms with Gasteiger partial charge in [0.05, 0.1) is 11.3 Å². The van der Waals surface area contributed by atoms with Crippen LogP contribution in [-0.4, -0.2) is 14.7 Å². The highest BCUT2D eigenvalue weighted by Crippen LogP contribution is 2.24. The van der Waals surface area contributed by atoms with E-state index in [-0.39, 0.29) is 22.5 Å². The van der Waals surface area contributed by atoms with E-state index in [2.05, 4.69) is 20.9 Å². The SMILES string of the molecule is Cc1nc(OCc2ccc(F)cc2F)c(Br)c(=O)n1-c1ccc(C(C)(C)O)cc1. The summed E-state index contributed by atoms with van der Waals surface area (Å²) in [6, 6.07) is 10.1. The molecule has 0 aliphatic heterocycles. The Labute approximate surface area is 174 Å². The van der Waals surface area contributed by atoms with Crippen molar-refractivity contribution in [2.45, 2.75) is 33.0 Å². The number of nitrogens with zero attached hydrogens (tertiary/aromatic N) is 2. The summed E-state index contributed by atoms with van der Waals surface area (Å²) in [5.41, 5.74) is 0.0299. The van der Waals surface area contributed by atoms with Gasteiger partial charge in [0.15, 0.2) is 0 Å². The maximum absolute atomic E-state index is 13.8. The number of aryl methyl sites for hydroxylation is 1. The molecule has 5 nitrogen and oxygen atoms in total. The molecule has 0 aliphatic carbocycles. The van der Waals surface area contributed by atoms with Crippen LogP contribution in [0, 0.1) is 18.6 Å². The predicted octanol–water partition coefficient (Wildman–Crippen LogP) is 4.39. The lowest BCUT2D eigenvalue weighted by molar-refractivity contribution is 0.0786. The van der Waals surface area contributed by atoms with E-state index in [1.165, 1.54) is 10.6 Å². The Hall–Kier alpha value is -2.58. The largest absolute Gasteiger partial charge is 0.472 e. The second-order valence-electron chi connectivity index (χ2n) is 7.05. The van der Waals surface area contributed by atoms with Crippen LogP contribution in [0.5, 0.6) is 5.88 Å². The highest BCUT2D eigenvalue weighted by atomic mass is 79.9. The van der Waals surface area contributed by atoms with E-state index in [0.717, 1.165) is 12.1 Å². The van der Waals surface area contributed by atoms with E-state index in [9.17, 15) is 18.7 Å². The van der Waals surface area contributed by atoms with Crippen LogP contribution in [0.4, 0.5) is 8.78 Å². The first-order valence-electron chi connectivity index (χ1n) is 8.77. The molecule has 0 spiro atoms. The molecule has 0 atom stereocenters. The molecule has 0 saturated heterocycles. The van der Waals surface area contributed by atoms with Crippen LogP contribution < -0.4 is 10.3 Å². The summed E-state index contributed by atoms with van der Waals surface area (Å²) < 4.78 is 33.8. The summed E-state index contributed by atoms with van der Waals surface area (Å²) in [6.07, 6.45) is 0. The Bertz CT molecular complexity index is 1110. The molecule has 1 N–H and O–H groups in total. The quantitative estimate of drug-likeness (QED) is 0.608. The first kappa shape index (κ1) is 21.1. The third kappa shape index (κ3) is 4.54. The number of hydrogen-bond donors (Lipinski definition) is 1. The molecule has 0 bridgehead atoms. The van der Waals surface area contributed by atoms with Crippen molar-refractivity contribution >= 4 is 15.9 Å². The highest BCUT2D eigenvalue weighted by molar-refractivity contribution is 9.10. The van der Waals surface area contributed by atoms with Gasteiger partial charge < -0.3 is 9.84 Å². The molecule has 0 unspecified atom stereocenters. The molecular weight excluding hydrogens is 446 g/mol. The van der Waals surface area contributed by atoms with Gasteiger partial charge in [-0.1, -0.05) is 12.1 Å². The van der Waals surface area contributed by atoms with Crippen molar-refractivity contribution < 1.29 is 18.6 Å². The van der Waals surface area contributed by atoms with Gasteiger partial charge in [-0.15, -0.1) is 0 Å². The Balaban J connectivity index is 1.91. The van der Waals surface area contributed by atoms with Gasteiger partial charge >= 0.3 is 0 Å². The number of ether oxygens (including phenoxy) is 1. The Morgan fingerprint density at radius 1 is 1.17 bits per heavy atom. The average molecular weight is 465 g/mol. The minimum Gasteiger partial charge on any atom is -0.472 e. The number of aliphatic hydroxyl groups is 1. The summed E-state index contributed by atoms with van der Waals surface area (Å²) in [6.45, 7) is 4.78.